The van der Waals surface area contributed by atoms with Gasteiger partial charge >= 0.3 is 6.11 Å². The number of aromatic nitrogens is 1. The van der Waals surface area contributed by atoms with Crippen LogP contribution in [0.15, 0.2) is 36.7 Å². The number of nitriles is 1. The van der Waals surface area contributed by atoms with Crippen molar-refractivity contribution in [3.05, 3.63) is 53.3 Å². The van der Waals surface area contributed by atoms with Crippen LogP contribution in [0, 0.1) is 11.3 Å². The molecule has 1 aliphatic rings. The van der Waals surface area contributed by atoms with Crippen molar-refractivity contribution in [2.24, 2.45) is 0 Å². The van der Waals surface area contributed by atoms with E-state index in [0.717, 1.165) is 4.90 Å². The van der Waals surface area contributed by atoms with E-state index in [1.165, 1.54) is 37.5 Å². The molecular weight excluding hydrogens is 332 g/mol. The van der Waals surface area contributed by atoms with Gasteiger partial charge in [-0.15, -0.1) is 0 Å². The van der Waals surface area contributed by atoms with E-state index < -0.39 is 18.4 Å². The zero-order chi connectivity index (χ0) is 18.2. The van der Waals surface area contributed by atoms with Gasteiger partial charge in [-0.1, -0.05) is 12.1 Å². The highest BCUT2D eigenvalue weighted by Gasteiger charge is 2.50. The first-order valence-electron chi connectivity index (χ1n) is 7.50. The average molecular weight is 347 g/mol. The minimum absolute atomic E-state index is 0.112. The van der Waals surface area contributed by atoms with Gasteiger partial charge in [0.1, 0.15) is 6.07 Å². The van der Waals surface area contributed by atoms with Crippen LogP contribution >= 0.6 is 0 Å². The fourth-order valence-corrected chi connectivity index (χ4v) is 2.71. The Hall–Kier alpha value is -2.76. The van der Waals surface area contributed by atoms with Crippen LogP contribution in [-0.4, -0.2) is 27.5 Å². The quantitative estimate of drug-likeness (QED) is 0.886. The minimum atomic E-state index is -3.86. The maximum Gasteiger partial charge on any atom is 0.444 e. The highest BCUT2D eigenvalue weighted by molar-refractivity contribution is 5.64. The fourth-order valence-electron chi connectivity index (χ4n) is 2.71. The standard InChI is InChI=1S/C17H15F2N3O3/c1-10(23)13-3-2-4-14-15(13)25-17(18,19)16(24)22(14)9-12-5-11(6-20)7-21-8-12/h2-5,7-8,10,16,23-24H,9H2,1H3. The predicted octanol–water partition coefficient (Wildman–Crippen LogP) is 2.32. The Balaban J connectivity index is 2.07. The van der Waals surface area contributed by atoms with E-state index >= 15 is 0 Å². The van der Waals surface area contributed by atoms with Gasteiger partial charge in [0.15, 0.2) is 5.75 Å². The third kappa shape index (κ3) is 3.12. The zero-order valence-electron chi connectivity index (χ0n) is 13.2. The lowest BCUT2D eigenvalue weighted by Crippen LogP contribution is -2.54. The molecule has 0 aliphatic carbocycles. The molecule has 0 saturated carbocycles. The minimum Gasteiger partial charge on any atom is -0.427 e. The number of aliphatic hydroxyl groups is 2. The lowest BCUT2D eigenvalue weighted by Gasteiger charge is -2.40. The lowest BCUT2D eigenvalue weighted by atomic mass is 10.1. The van der Waals surface area contributed by atoms with Crippen molar-refractivity contribution in [2.45, 2.75) is 31.9 Å². The van der Waals surface area contributed by atoms with E-state index in [1.54, 1.807) is 6.07 Å². The number of halogens is 2. The van der Waals surface area contributed by atoms with E-state index in [2.05, 4.69) is 9.72 Å². The monoisotopic (exact) mass is 347 g/mol. The van der Waals surface area contributed by atoms with Crippen molar-refractivity contribution in [1.29, 1.82) is 5.26 Å². The summed E-state index contributed by atoms with van der Waals surface area (Å²) in [5, 5.41) is 28.8. The summed E-state index contributed by atoms with van der Waals surface area (Å²) in [5.74, 6) is -0.183. The third-order valence-corrected chi connectivity index (χ3v) is 3.90. The van der Waals surface area contributed by atoms with Gasteiger partial charge in [0, 0.05) is 24.5 Å². The van der Waals surface area contributed by atoms with Crippen molar-refractivity contribution < 1.29 is 23.7 Å². The van der Waals surface area contributed by atoms with Crippen LogP contribution in [0.5, 0.6) is 5.75 Å². The molecule has 1 aromatic carbocycles. The second-order valence-corrected chi connectivity index (χ2v) is 5.73. The van der Waals surface area contributed by atoms with Crippen LogP contribution in [-0.2, 0) is 6.54 Å². The van der Waals surface area contributed by atoms with Crippen LogP contribution in [0.4, 0.5) is 14.5 Å². The molecule has 0 saturated heterocycles. The van der Waals surface area contributed by atoms with Gasteiger partial charge in [-0.25, -0.2) is 0 Å². The highest BCUT2D eigenvalue weighted by atomic mass is 19.3. The molecule has 3 rings (SSSR count). The van der Waals surface area contributed by atoms with E-state index in [9.17, 15) is 19.0 Å². The van der Waals surface area contributed by atoms with Gasteiger partial charge in [-0.05, 0) is 24.6 Å². The van der Waals surface area contributed by atoms with Crippen molar-refractivity contribution in [1.82, 2.24) is 4.98 Å². The molecule has 8 heteroatoms. The number of nitrogens with zero attached hydrogens (tertiary/aromatic N) is 3. The number of ether oxygens (including phenoxy) is 1. The van der Waals surface area contributed by atoms with Crippen molar-refractivity contribution in [3.8, 4) is 11.8 Å². The van der Waals surface area contributed by atoms with Crippen LogP contribution < -0.4 is 9.64 Å². The molecule has 0 fully saturated rings. The first-order chi connectivity index (χ1) is 11.8. The molecule has 2 aromatic rings. The number of anilines is 1. The zero-order valence-corrected chi connectivity index (χ0v) is 13.2. The second kappa shape index (κ2) is 6.27. The summed E-state index contributed by atoms with van der Waals surface area (Å²) in [6.45, 7) is 1.33. The van der Waals surface area contributed by atoms with E-state index in [-0.39, 0.29) is 29.1 Å². The molecule has 6 nitrogen and oxygen atoms in total. The predicted molar refractivity (Wildman–Crippen MR) is 83.8 cm³/mol. The number of para-hydroxylation sites is 1. The molecular formula is C17H15F2N3O3. The first kappa shape index (κ1) is 17.1. The Kier molecular flexibility index (Phi) is 4.29. The number of rotatable bonds is 3. The summed E-state index contributed by atoms with van der Waals surface area (Å²) in [4.78, 5) is 4.95. The molecule has 2 unspecified atom stereocenters. The molecule has 2 atom stereocenters. The summed E-state index contributed by atoms with van der Waals surface area (Å²) in [5.41, 5.74) is 1.17. The molecule has 2 heterocycles. The van der Waals surface area contributed by atoms with Crippen LogP contribution in [0.25, 0.3) is 0 Å². The Morgan fingerprint density at radius 3 is 2.88 bits per heavy atom. The summed E-state index contributed by atoms with van der Waals surface area (Å²) >= 11 is 0. The molecule has 1 aliphatic heterocycles. The summed E-state index contributed by atoms with van der Waals surface area (Å²) in [7, 11) is 0. The first-order valence-corrected chi connectivity index (χ1v) is 7.50. The van der Waals surface area contributed by atoms with E-state index in [1.807, 2.05) is 6.07 Å². The van der Waals surface area contributed by atoms with Crippen molar-refractivity contribution in [2.75, 3.05) is 4.90 Å². The van der Waals surface area contributed by atoms with Gasteiger partial charge in [0.05, 0.1) is 17.4 Å². The number of pyridine rings is 1. The smallest absolute Gasteiger partial charge is 0.427 e. The van der Waals surface area contributed by atoms with Gasteiger partial charge < -0.3 is 19.8 Å². The third-order valence-electron chi connectivity index (χ3n) is 3.90. The molecule has 0 bridgehead atoms. The molecule has 2 N–H and O–H groups in total. The Bertz CT molecular complexity index is 836. The molecule has 0 radical (unpaired) electrons. The highest BCUT2D eigenvalue weighted by Crippen LogP contribution is 2.45. The molecule has 25 heavy (non-hydrogen) atoms. The molecule has 130 valence electrons. The number of fused-ring (bicyclic) bond motifs is 1. The number of hydrogen-bond acceptors (Lipinski definition) is 6. The largest absolute Gasteiger partial charge is 0.444 e. The Morgan fingerprint density at radius 1 is 1.44 bits per heavy atom. The van der Waals surface area contributed by atoms with E-state index in [0.29, 0.717) is 5.56 Å². The van der Waals surface area contributed by atoms with Gasteiger partial charge in [-0.2, -0.15) is 14.0 Å². The topological polar surface area (TPSA) is 89.6 Å². The SMILES string of the molecule is CC(O)c1cccc2c1OC(F)(F)C(O)N2Cc1cncc(C#N)c1. The molecule has 0 amide bonds. The lowest BCUT2D eigenvalue weighted by molar-refractivity contribution is -0.246. The van der Waals surface area contributed by atoms with Gasteiger partial charge in [0.2, 0.25) is 6.23 Å². The van der Waals surface area contributed by atoms with Crippen molar-refractivity contribution in [3.63, 3.8) is 0 Å². The van der Waals surface area contributed by atoms with Crippen LogP contribution in [0.2, 0.25) is 0 Å². The Morgan fingerprint density at radius 2 is 2.20 bits per heavy atom. The average Bonchev–Trinajstić information content (AvgIpc) is 2.58. The summed E-state index contributed by atoms with van der Waals surface area (Å²) in [6, 6.07) is 8.01. The maximum absolute atomic E-state index is 14.2. The van der Waals surface area contributed by atoms with Gasteiger partial charge in [0.25, 0.3) is 0 Å². The summed E-state index contributed by atoms with van der Waals surface area (Å²) < 4.78 is 33.0. The van der Waals surface area contributed by atoms with Gasteiger partial charge in [-0.3, -0.25) is 4.98 Å². The number of hydrogen-bond donors (Lipinski definition) is 2. The Labute approximate surface area is 142 Å². The van der Waals surface area contributed by atoms with Crippen LogP contribution in [0.3, 0.4) is 0 Å². The number of alkyl halides is 2. The maximum atomic E-state index is 14.2. The summed E-state index contributed by atoms with van der Waals surface area (Å²) in [6.07, 6.45) is -4.33. The normalized spacial score (nSPS) is 19.5. The van der Waals surface area contributed by atoms with E-state index in [4.69, 9.17) is 5.26 Å². The second-order valence-electron chi connectivity index (χ2n) is 5.73. The number of aliphatic hydroxyl groups excluding tert-OH is 2. The van der Waals surface area contributed by atoms with Crippen molar-refractivity contribution >= 4 is 5.69 Å². The molecule has 1 aromatic heterocycles. The molecule has 0 spiro atoms. The number of benzene rings is 1. The fraction of sp³-hybridized carbons (Fsp3) is 0.294. The van der Waals surface area contributed by atoms with Crippen LogP contribution in [0.1, 0.15) is 29.7 Å².